The molecule has 126 valence electrons. The second-order valence-corrected chi connectivity index (χ2v) is 6.20. The number of hydrogen-bond donors (Lipinski definition) is 1. The number of anilines is 1. The minimum absolute atomic E-state index is 0.117. The molecule has 0 unspecified atom stereocenters. The van der Waals surface area contributed by atoms with Gasteiger partial charge < -0.3 is 10.2 Å². The van der Waals surface area contributed by atoms with Gasteiger partial charge in [-0.15, -0.1) is 0 Å². The number of aryl methyl sites for hydroxylation is 2. The zero-order valence-corrected chi connectivity index (χ0v) is 14.2. The highest BCUT2D eigenvalue weighted by molar-refractivity contribution is 5.92. The Labute approximate surface area is 143 Å². The average molecular weight is 324 g/mol. The van der Waals surface area contributed by atoms with Crippen LogP contribution in [-0.4, -0.2) is 35.5 Å². The van der Waals surface area contributed by atoms with Crippen molar-refractivity contribution < 1.29 is 4.79 Å². The van der Waals surface area contributed by atoms with Gasteiger partial charge in [0.15, 0.2) is 0 Å². The van der Waals surface area contributed by atoms with E-state index in [1.165, 1.54) is 18.4 Å². The third-order valence-electron chi connectivity index (χ3n) is 4.26. The Kier molecular flexibility index (Phi) is 5.41. The molecule has 0 spiro atoms. The van der Waals surface area contributed by atoms with Gasteiger partial charge >= 0.3 is 0 Å². The lowest BCUT2D eigenvalue weighted by Gasteiger charge is -2.17. The molecule has 1 amide bonds. The van der Waals surface area contributed by atoms with Gasteiger partial charge in [0.1, 0.15) is 17.3 Å². The molecule has 1 aliphatic heterocycles. The lowest BCUT2D eigenvalue weighted by atomic mass is 10.1. The standard InChI is InChI=1S/C19H24N4O/c1-15-21-17(14-18(22-15)23-12-5-6-13-23)19(24)20-11-7-10-16-8-3-2-4-9-16/h2-4,8-9,14H,5-7,10-13H2,1H3,(H,20,24). The maximum absolute atomic E-state index is 12.4. The number of carbonyl (C=O) groups is 1. The van der Waals surface area contributed by atoms with Crippen LogP contribution in [0.15, 0.2) is 36.4 Å². The lowest BCUT2D eigenvalue weighted by molar-refractivity contribution is 0.0948. The van der Waals surface area contributed by atoms with Crippen LogP contribution >= 0.6 is 0 Å². The fourth-order valence-electron chi connectivity index (χ4n) is 3.01. The molecule has 0 saturated carbocycles. The smallest absolute Gasteiger partial charge is 0.270 e. The minimum Gasteiger partial charge on any atom is -0.356 e. The first kappa shape index (κ1) is 16.4. The van der Waals surface area contributed by atoms with Crippen LogP contribution in [0.2, 0.25) is 0 Å². The van der Waals surface area contributed by atoms with Crippen LogP contribution in [0, 0.1) is 6.92 Å². The van der Waals surface area contributed by atoms with Crippen molar-refractivity contribution in [1.82, 2.24) is 15.3 Å². The number of aromatic nitrogens is 2. The number of carbonyl (C=O) groups excluding carboxylic acids is 1. The fraction of sp³-hybridized carbons (Fsp3) is 0.421. The maximum Gasteiger partial charge on any atom is 0.270 e. The van der Waals surface area contributed by atoms with E-state index in [1.807, 2.05) is 31.2 Å². The highest BCUT2D eigenvalue weighted by atomic mass is 16.1. The SMILES string of the molecule is Cc1nc(C(=O)NCCCc2ccccc2)cc(N2CCCC2)n1. The summed E-state index contributed by atoms with van der Waals surface area (Å²) in [6.07, 6.45) is 4.25. The van der Waals surface area contributed by atoms with Gasteiger partial charge in [0.2, 0.25) is 0 Å². The fourth-order valence-corrected chi connectivity index (χ4v) is 3.01. The monoisotopic (exact) mass is 324 g/mol. The molecule has 2 heterocycles. The van der Waals surface area contributed by atoms with Crippen LogP contribution in [-0.2, 0) is 6.42 Å². The molecule has 1 fully saturated rings. The Hall–Kier alpha value is -2.43. The van der Waals surface area contributed by atoms with Crippen molar-refractivity contribution in [2.24, 2.45) is 0 Å². The molecule has 5 heteroatoms. The number of nitrogens with zero attached hydrogens (tertiary/aromatic N) is 3. The molecule has 1 aliphatic rings. The van der Waals surface area contributed by atoms with Gasteiger partial charge in [0.25, 0.3) is 5.91 Å². The molecular formula is C19H24N4O. The molecular weight excluding hydrogens is 300 g/mol. The number of nitrogens with one attached hydrogen (secondary N) is 1. The van der Waals surface area contributed by atoms with Gasteiger partial charge in [-0.2, -0.15) is 0 Å². The quantitative estimate of drug-likeness (QED) is 0.830. The molecule has 1 N–H and O–H groups in total. The number of benzene rings is 1. The summed E-state index contributed by atoms with van der Waals surface area (Å²) in [6.45, 7) is 4.50. The van der Waals surface area contributed by atoms with Gasteiger partial charge in [-0.05, 0) is 38.2 Å². The number of amides is 1. The second kappa shape index (κ2) is 7.90. The second-order valence-electron chi connectivity index (χ2n) is 6.20. The van der Waals surface area contributed by atoms with Gasteiger partial charge in [0, 0.05) is 25.7 Å². The third-order valence-corrected chi connectivity index (χ3v) is 4.26. The normalized spacial score (nSPS) is 14.0. The molecule has 1 aromatic heterocycles. The van der Waals surface area contributed by atoms with Gasteiger partial charge in [-0.25, -0.2) is 9.97 Å². The summed E-state index contributed by atoms with van der Waals surface area (Å²) < 4.78 is 0. The van der Waals surface area contributed by atoms with E-state index in [-0.39, 0.29) is 5.91 Å². The summed E-state index contributed by atoms with van der Waals surface area (Å²) in [7, 11) is 0. The Morgan fingerprint density at radius 1 is 1.17 bits per heavy atom. The summed E-state index contributed by atoms with van der Waals surface area (Å²) in [6, 6.07) is 12.1. The van der Waals surface area contributed by atoms with Crippen LogP contribution in [0.25, 0.3) is 0 Å². The van der Waals surface area contributed by atoms with Crippen molar-refractivity contribution in [2.45, 2.75) is 32.6 Å². The Bertz CT molecular complexity index is 681. The summed E-state index contributed by atoms with van der Waals surface area (Å²) in [5.74, 6) is 1.40. The predicted octanol–water partition coefficient (Wildman–Crippen LogP) is 2.75. The van der Waals surface area contributed by atoms with Crippen molar-refractivity contribution in [1.29, 1.82) is 0 Å². The van der Waals surface area contributed by atoms with E-state index in [4.69, 9.17) is 0 Å². The van der Waals surface area contributed by atoms with Crippen LogP contribution in [0.5, 0.6) is 0 Å². The van der Waals surface area contributed by atoms with Crippen LogP contribution in [0.1, 0.15) is 41.1 Å². The molecule has 0 atom stereocenters. The maximum atomic E-state index is 12.4. The molecule has 24 heavy (non-hydrogen) atoms. The van der Waals surface area contributed by atoms with Crippen molar-refractivity contribution in [2.75, 3.05) is 24.5 Å². The van der Waals surface area contributed by atoms with Crippen LogP contribution in [0.4, 0.5) is 5.82 Å². The van der Waals surface area contributed by atoms with E-state index >= 15 is 0 Å². The Balaban J connectivity index is 1.54. The molecule has 0 aliphatic carbocycles. The molecule has 5 nitrogen and oxygen atoms in total. The number of rotatable bonds is 6. The molecule has 0 bridgehead atoms. The van der Waals surface area contributed by atoms with Crippen molar-refractivity contribution in [3.05, 3.63) is 53.5 Å². The van der Waals surface area contributed by atoms with Crippen molar-refractivity contribution in [3.8, 4) is 0 Å². The van der Waals surface area contributed by atoms with E-state index in [0.717, 1.165) is 31.7 Å². The molecule has 2 aromatic rings. The van der Waals surface area contributed by atoms with E-state index < -0.39 is 0 Å². The summed E-state index contributed by atoms with van der Waals surface area (Å²) in [5.41, 5.74) is 1.75. The molecule has 1 saturated heterocycles. The van der Waals surface area contributed by atoms with Crippen LogP contribution < -0.4 is 10.2 Å². The highest BCUT2D eigenvalue weighted by Gasteiger charge is 2.17. The van der Waals surface area contributed by atoms with Gasteiger partial charge in [-0.1, -0.05) is 30.3 Å². The zero-order valence-electron chi connectivity index (χ0n) is 14.2. The largest absolute Gasteiger partial charge is 0.356 e. The van der Waals surface area contributed by atoms with Crippen molar-refractivity contribution in [3.63, 3.8) is 0 Å². The zero-order chi connectivity index (χ0) is 16.8. The van der Waals surface area contributed by atoms with Gasteiger partial charge in [-0.3, -0.25) is 4.79 Å². The van der Waals surface area contributed by atoms with E-state index in [9.17, 15) is 4.79 Å². The van der Waals surface area contributed by atoms with Gasteiger partial charge in [0.05, 0.1) is 0 Å². The first-order chi connectivity index (χ1) is 11.7. The Morgan fingerprint density at radius 2 is 1.92 bits per heavy atom. The third kappa shape index (κ3) is 4.31. The minimum atomic E-state index is -0.117. The molecule has 1 aromatic carbocycles. The summed E-state index contributed by atoms with van der Waals surface area (Å²) >= 11 is 0. The van der Waals surface area contributed by atoms with E-state index in [2.05, 4.69) is 32.3 Å². The summed E-state index contributed by atoms with van der Waals surface area (Å²) in [4.78, 5) is 23.3. The average Bonchev–Trinajstić information content (AvgIpc) is 3.13. The van der Waals surface area contributed by atoms with Crippen molar-refractivity contribution >= 4 is 11.7 Å². The molecule has 3 rings (SSSR count). The van der Waals surface area contributed by atoms with E-state index in [0.29, 0.717) is 18.1 Å². The van der Waals surface area contributed by atoms with E-state index in [1.54, 1.807) is 0 Å². The predicted molar refractivity (Wildman–Crippen MR) is 95.3 cm³/mol. The number of hydrogen-bond acceptors (Lipinski definition) is 4. The highest BCUT2D eigenvalue weighted by Crippen LogP contribution is 2.18. The lowest BCUT2D eigenvalue weighted by Crippen LogP contribution is -2.27. The van der Waals surface area contributed by atoms with Crippen LogP contribution in [0.3, 0.4) is 0 Å². The Morgan fingerprint density at radius 3 is 2.67 bits per heavy atom. The topological polar surface area (TPSA) is 58.1 Å². The molecule has 0 radical (unpaired) electrons. The first-order valence-electron chi connectivity index (χ1n) is 8.65. The first-order valence-corrected chi connectivity index (χ1v) is 8.65. The summed E-state index contributed by atoms with van der Waals surface area (Å²) in [5, 5.41) is 2.97.